The van der Waals surface area contributed by atoms with E-state index in [0.29, 0.717) is 23.9 Å². The van der Waals surface area contributed by atoms with Crippen LogP contribution < -0.4 is 10.4 Å². The number of hydrogen-bond donors (Lipinski definition) is 1. The third-order valence-electron chi connectivity index (χ3n) is 6.08. The van der Waals surface area contributed by atoms with Gasteiger partial charge in [-0.1, -0.05) is 19.3 Å². The van der Waals surface area contributed by atoms with Crippen molar-refractivity contribution in [2.75, 3.05) is 20.2 Å². The topological polar surface area (TPSA) is 62.9 Å². The maximum Gasteiger partial charge on any atom is 0.339 e. The molecule has 27 heavy (non-hydrogen) atoms. The maximum absolute atomic E-state index is 12.1. The molecule has 4 rings (SSSR count). The number of aliphatic hydroxyl groups is 1. The summed E-state index contributed by atoms with van der Waals surface area (Å²) in [6.45, 7) is 0.846. The minimum atomic E-state index is -0.542. The fraction of sp³-hybridized carbons (Fsp3) is 0.591. The van der Waals surface area contributed by atoms with Crippen molar-refractivity contribution in [3.63, 3.8) is 0 Å². The number of aryl methyl sites for hydroxylation is 1. The van der Waals surface area contributed by atoms with Gasteiger partial charge in [-0.15, -0.1) is 0 Å². The molecule has 1 aromatic heterocycles. The molecule has 0 amide bonds. The second kappa shape index (κ2) is 8.03. The number of hydrogen-bond acceptors (Lipinski definition) is 5. The Kier molecular flexibility index (Phi) is 5.50. The molecule has 2 aromatic rings. The summed E-state index contributed by atoms with van der Waals surface area (Å²) >= 11 is 0. The van der Waals surface area contributed by atoms with Gasteiger partial charge in [0.05, 0.1) is 0 Å². The van der Waals surface area contributed by atoms with E-state index in [-0.39, 0.29) is 12.2 Å². The second-order valence-corrected chi connectivity index (χ2v) is 8.05. The van der Waals surface area contributed by atoms with Crippen LogP contribution in [0.5, 0.6) is 5.75 Å². The van der Waals surface area contributed by atoms with E-state index in [1.807, 2.05) is 12.1 Å². The largest absolute Gasteiger partial charge is 0.491 e. The van der Waals surface area contributed by atoms with Gasteiger partial charge >= 0.3 is 5.63 Å². The van der Waals surface area contributed by atoms with E-state index >= 15 is 0 Å². The molecule has 0 spiro atoms. The van der Waals surface area contributed by atoms with E-state index in [4.69, 9.17) is 9.15 Å². The zero-order valence-electron chi connectivity index (χ0n) is 16.1. The van der Waals surface area contributed by atoms with Gasteiger partial charge in [0, 0.05) is 29.6 Å². The van der Waals surface area contributed by atoms with Crippen LogP contribution in [0.25, 0.3) is 11.0 Å². The first kappa shape index (κ1) is 18.5. The molecule has 5 heteroatoms. The third kappa shape index (κ3) is 4.04. The van der Waals surface area contributed by atoms with Gasteiger partial charge in [0.1, 0.15) is 24.0 Å². The fourth-order valence-corrected chi connectivity index (χ4v) is 4.60. The highest BCUT2D eigenvalue weighted by Gasteiger charge is 2.21. The second-order valence-electron chi connectivity index (χ2n) is 8.05. The Balaban J connectivity index is 1.38. The predicted octanol–water partition coefficient (Wildman–Crippen LogP) is 3.29. The molecule has 1 saturated carbocycles. The highest BCUT2D eigenvalue weighted by molar-refractivity contribution is 5.83. The first-order valence-corrected chi connectivity index (χ1v) is 10.2. The van der Waals surface area contributed by atoms with Crippen LogP contribution >= 0.6 is 0 Å². The summed E-state index contributed by atoms with van der Waals surface area (Å²) in [5.74, 6) is 0.628. The summed E-state index contributed by atoms with van der Waals surface area (Å²) in [6.07, 6.45) is 8.56. The summed E-state index contributed by atoms with van der Waals surface area (Å²) in [5.41, 5.74) is 2.31. The number of likely N-dealkylation sites (N-methyl/N-ethyl adjacent to an activating group) is 1. The van der Waals surface area contributed by atoms with E-state index in [0.717, 1.165) is 35.8 Å². The quantitative estimate of drug-likeness (QED) is 0.790. The molecule has 0 saturated heterocycles. The van der Waals surface area contributed by atoms with Crippen LogP contribution in [0.3, 0.4) is 0 Å². The van der Waals surface area contributed by atoms with E-state index in [9.17, 15) is 9.90 Å². The van der Waals surface area contributed by atoms with Gasteiger partial charge in [0.2, 0.25) is 0 Å². The van der Waals surface area contributed by atoms with Crippen molar-refractivity contribution in [2.24, 2.45) is 0 Å². The highest BCUT2D eigenvalue weighted by Crippen LogP contribution is 2.29. The monoisotopic (exact) mass is 371 g/mol. The van der Waals surface area contributed by atoms with Crippen LogP contribution in [-0.4, -0.2) is 42.4 Å². The number of benzene rings is 1. The smallest absolute Gasteiger partial charge is 0.339 e. The molecule has 146 valence electrons. The lowest BCUT2D eigenvalue weighted by Gasteiger charge is -2.32. The van der Waals surface area contributed by atoms with Crippen molar-refractivity contribution in [1.82, 2.24) is 4.90 Å². The third-order valence-corrected chi connectivity index (χ3v) is 6.08. The molecule has 5 nitrogen and oxygen atoms in total. The Morgan fingerprint density at radius 3 is 2.78 bits per heavy atom. The predicted molar refractivity (Wildman–Crippen MR) is 106 cm³/mol. The summed E-state index contributed by atoms with van der Waals surface area (Å²) in [4.78, 5) is 14.4. The molecule has 0 radical (unpaired) electrons. The number of ether oxygens (including phenoxy) is 1. The highest BCUT2D eigenvalue weighted by atomic mass is 16.5. The van der Waals surface area contributed by atoms with Crippen molar-refractivity contribution in [3.8, 4) is 5.75 Å². The average Bonchev–Trinajstić information content (AvgIpc) is 3.18. The first-order valence-electron chi connectivity index (χ1n) is 10.2. The van der Waals surface area contributed by atoms with Gasteiger partial charge in [-0.05, 0) is 56.8 Å². The van der Waals surface area contributed by atoms with Crippen molar-refractivity contribution < 1.29 is 14.3 Å². The van der Waals surface area contributed by atoms with Crippen LogP contribution in [0.15, 0.2) is 27.4 Å². The molecular formula is C22H29NO4. The lowest BCUT2D eigenvalue weighted by Crippen LogP contribution is -2.40. The van der Waals surface area contributed by atoms with E-state index < -0.39 is 6.10 Å². The Labute approximate surface area is 159 Å². The summed E-state index contributed by atoms with van der Waals surface area (Å²) in [6, 6.07) is 6.22. The summed E-state index contributed by atoms with van der Waals surface area (Å²) in [7, 11) is 2.09. The first-order chi connectivity index (χ1) is 13.1. The molecule has 2 aliphatic carbocycles. The molecule has 1 atom stereocenters. The van der Waals surface area contributed by atoms with Gasteiger partial charge in [-0.25, -0.2) is 4.79 Å². The van der Waals surface area contributed by atoms with Gasteiger partial charge in [0.25, 0.3) is 0 Å². The standard InChI is InChI=1S/C22H29NO4/c1-23(15-6-3-2-4-7-15)13-16(24)14-26-17-10-11-19-18-8-5-9-20(18)22(25)27-21(19)12-17/h10-12,15-16,24H,2-9,13-14H2,1H3. The Bertz CT molecular complexity index is 853. The SMILES string of the molecule is CN(CC(O)COc1ccc2c3c(c(=O)oc2c1)CCC3)C1CCCCC1. The molecule has 1 N–H and O–H groups in total. The number of fused-ring (bicyclic) bond motifs is 3. The van der Waals surface area contributed by atoms with Crippen molar-refractivity contribution >= 4 is 11.0 Å². The molecule has 1 aromatic carbocycles. The Morgan fingerprint density at radius 1 is 1.19 bits per heavy atom. The lowest BCUT2D eigenvalue weighted by molar-refractivity contribution is 0.0562. The molecule has 1 unspecified atom stereocenters. The maximum atomic E-state index is 12.1. The number of rotatable bonds is 6. The van der Waals surface area contributed by atoms with Crippen molar-refractivity contribution in [2.45, 2.75) is 63.5 Å². The van der Waals surface area contributed by atoms with Gasteiger partial charge in [-0.3, -0.25) is 0 Å². The molecule has 1 heterocycles. The van der Waals surface area contributed by atoms with Crippen LogP contribution in [0.1, 0.15) is 49.7 Å². The zero-order valence-corrected chi connectivity index (χ0v) is 16.1. The Hall–Kier alpha value is -1.85. The molecule has 2 aliphatic rings. The van der Waals surface area contributed by atoms with E-state index in [1.165, 1.54) is 32.1 Å². The molecule has 0 aliphatic heterocycles. The van der Waals surface area contributed by atoms with Gasteiger partial charge < -0.3 is 19.2 Å². The van der Waals surface area contributed by atoms with E-state index in [1.54, 1.807) is 6.07 Å². The van der Waals surface area contributed by atoms with Gasteiger partial charge in [-0.2, -0.15) is 0 Å². The lowest BCUT2D eigenvalue weighted by atomic mass is 9.94. The molecule has 1 fully saturated rings. The fourth-order valence-electron chi connectivity index (χ4n) is 4.60. The van der Waals surface area contributed by atoms with Crippen LogP contribution in [0, 0.1) is 0 Å². The van der Waals surface area contributed by atoms with Crippen LogP contribution in [0.2, 0.25) is 0 Å². The number of nitrogens with zero attached hydrogens (tertiary/aromatic N) is 1. The van der Waals surface area contributed by atoms with Crippen molar-refractivity contribution in [3.05, 3.63) is 39.7 Å². The molecular weight excluding hydrogens is 342 g/mol. The van der Waals surface area contributed by atoms with Gasteiger partial charge in [0.15, 0.2) is 0 Å². The van der Waals surface area contributed by atoms with E-state index in [2.05, 4.69) is 11.9 Å². The van der Waals surface area contributed by atoms with Crippen LogP contribution in [-0.2, 0) is 12.8 Å². The molecule has 0 bridgehead atoms. The summed E-state index contributed by atoms with van der Waals surface area (Å²) in [5, 5.41) is 11.4. The number of aliphatic hydroxyl groups excluding tert-OH is 1. The average molecular weight is 371 g/mol. The minimum absolute atomic E-state index is 0.221. The van der Waals surface area contributed by atoms with Crippen molar-refractivity contribution in [1.29, 1.82) is 0 Å². The summed E-state index contributed by atoms with van der Waals surface area (Å²) < 4.78 is 11.3. The zero-order chi connectivity index (χ0) is 18.8. The normalized spacial score (nSPS) is 18.8. The Morgan fingerprint density at radius 2 is 1.96 bits per heavy atom. The van der Waals surface area contributed by atoms with Crippen LogP contribution in [0.4, 0.5) is 0 Å². The minimum Gasteiger partial charge on any atom is -0.491 e.